The van der Waals surface area contributed by atoms with Crippen molar-refractivity contribution in [3.05, 3.63) is 23.3 Å². The molecule has 2 aromatic heterocycles. The quantitative estimate of drug-likeness (QED) is 0.861. The van der Waals surface area contributed by atoms with Gasteiger partial charge in [0.05, 0.1) is 4.88 Å². The number of hydrogen-bond donors (Lipinski definition) is 1. The van der Waals surface area contributed by atoms with Crippen LogP contribution in [0.2, 0.25) is 0 Å². The molecule has 2 rings (SSSR count). The van der Waals surface area contributed by atoms with E-state index in [9.17, 15) is 0 Å². The molecule has 2 heterocycles. The van der Waals surface area contributed by atoms with E-state index in [2.05, 4.69) is 29.0 Å². The van der Waals surface area contributed by atoms with Crippen LogP contribution in [0.25, 0.3) is 10.7 Å². The maximum atomic E-state index is 4.48. The fourth-order valence-corrected chi connectivity index (χ4v) is 2.03. The molecule has 0 bridgehead atoms. The molecule has 1 N–H and O–H groups in total. The highest BCUT2D eigenvalue weighted by Crippen LogP contribution is 2.21. The van der Waals surface area contributed by atoms with E-state index in [-0.39, 0.29) is 0 Å². The average Bonchev–Trinajstić information content (AvgIpc) is 2.85. The molecule has 0 aliphatic heterocycles. The first-order valence-electron chi connectivity index (χ1n) is 5.24. The zero-order valence-corrected chi connectivity index (χ0v) is 9.84. The fourth-order valence-electron chi connectivity index (χ4n) is 1.38. The summed E-state index contributed by atoms with van der Waals surface area (Å²) < 4.78 is 0. The lowest BCUT2D eigenvalue weighted by atomic mass is 10.1. The van der Waals surface area contributed by atoms with Crippen LogP contribution in [0.1, 0.15) is 26.1 Å². The number of H-pyrrole nitrogens is 1. The van der Waals surface area contributed by atoms with E-state index < -0.39 is 0 Å². The number of thiophene rings is 1. The van der Waals surface area contributed by atoms with E-state index in [4.69, 9.17) is 0 Å². The molecular weight excluding hydrogens is 206 g/mol. The Balaban J connectivity index is 2.11. The summed E-state index contributed by atoms with van der Waals surface area (Å²) in [6.45, 7) is 4.43. The zero-order valence-electron chi connectivity index (χ0n) is 9.03. The summed E-state index contributed by atoms with van der Waals surface area (Å²) in [5.41, 5.74) is 0. The van der Waals surface area contributed by atoms with Crippen LogP contribution in [0, 0.1) is 5.92 Å². The Kier molecular flexibility index (Phi) is 3.16. The number of aromatic amines is 1. The first kappa shape index (κ1) is 10.4. The molecule has 0 aliphatic carbocycles. The Labute approximate surface area is 93.6 Å². The minimum Gasteiger partial charge on any atom is -0.263 e. The van der Waals surface area contributed by atoms with E-state index in [1.165, 1.54) is 6.42 Å². The molecule has 15 heavy (non-hydrogen) atoms. The summed E-state index contributed by atoms with van der Waals surface area (Å²) in [4.78, 5) is 5.61. The predicted molar refractivity (Wildman–Crippen MR) is 62.9 cm³/mol. The standard InChI is InChI=1S/C11H15N3S/c1-3-8(2)7-10-12-11(14-13-10)9-5-4-6-15-9/h4-6,8H,3,7H2,1-2H3,(H,12,13,14). The van der Waals surface area contributed by atoms with Gasteiger partial charge in [-0.1, -0.05) is 26.3 Å². The summed E-state index contributed by atoms with van der Waals surface area (Å²) in [6.07, 6.45) is 2.16. The highest BCUT2D eigenvalue weighted by molar-refractivity contribution is 7.13. The second-order valence-electron chi connectivity index (χ2n) is 3.80. The second kappa shape index (κ2) is 4.57. The minimum atomic E-state index is 0.661. The van der Waals surface area contributed by atoms with Crippen LogP contribution in [0.5, 0.6) is 0 Å². The third-order valence-corrected chi connectivity index (χ3v) is 3.38. The highest BCUT2D eigenvalue weighted by atomic mass is 32.1. The van der Waals surface area contributed by atoms with Crippen molar-refractivity contribution in [2.24, 2.45) is 5.92 Å². The van der Waals surface area contributed by atoms with Gasteiger partial charge in [0.15, 0.2) is 5.82 Å². The van der Waals surface area contributed by atoms with Crippen LogP contribution in [-0.2, 0) is 6.42 Å². The fraction of sp³-hybridized carbons (Fsp3) is 0.455. The molecule has 1 unspecified atom stereocenters. The summed E-state index contributed by atoms with van der Waals surface area (Å²) in [6, 6.07) is 4.06. The summed E-state index contributed by atoms with van der Waals surface area (Å²) in [7, 11) is 0. The van der Waals surface area contributed by atoms with E-state index in [1.807, 2.05) is 17.5 Å². The number of nitrogens with zero attached hydrogens (tertiary/aromatic N) is 2. The van der Waals surface area contributed by atoms with Crippen LogP contribution >= 0.6 is 11.3 Å². The first-order valence-corrected chi connectivity index (χ1v) is 6.12. The van der Waals surface area contributed by atoms with Gasteiger partial charge in [-0.05, 0) is 17.4 Å². The SMILES string of the molecule is CCC(C)Cc1nc(-c2cccs2)n[nH]1. The largest absolute Gasteiger partial charge is 0.263 e. The molecule has 0 saturated carbocycles. The first-order chi connectivity index (χ1) is 7.29. The highest BCUT2D eigenvalue weighted by Gasteiger charge is 2.08. The molecule has 0 aliphatic rings. The van der Waals surface area contributed by atoms with Gasteiger partial charge in [-0.15, -0.1) is 11.3 Å². The van der Waals surface area contributed by atoms with Gasteiger partial charge in [0.25, 0.3) is 0 Å². The summed E-state index contributed by atoms with van der Waals surface area (Å²) in [5, 5.41) is 9.27. The van der Waals surface area contributed by atoms with E-state index >= 15 is 0 Å². The van der Waals surface area contributed by atoms with Crippen LogP contribution in [0.3, 0.4) is 0 Å². The number of hydrogen-bond acceptors (Lipinski definition) is 3. The molecule has 4 heteroatoms. The van der Waals surface area contributed by atoms with Gasteiger partial charge in [-0.3, -0.25) is 5.10 Å². The van der Waals surface area contributed by atoms with E-state index in [1.54, 1.807) is 11.3 Å². The smallest absolute Gasteiger partial charge is 0.191 e. The van der Waals surface area contributed by atoms with Crippen LogP contribution in [-0.4, -0.2) is 15.2 Å². The molecule has 0 fully saturated rings. The lowest BCUT2D eigenvalue weighted by Gasteiger charge is -2.03. The van der Waals surface area contributed by atoms with Gasteiger partial charge < -0.3 is 0 Å². The van der Waals surface area contributed by atoms with E-state index in [0.29, 0.717) is 5.92 Å². The van der Waals surface area contributed by atoms with Crippen molar-refractivity contribution in [3.63, 3.8) is 0 Å². The monoisotopic (exact) mass is 221 g/mol. The van der Waals surface area contributed by atoms with Crippen molar-refractivity contribution in [1.82, 2.24) is 15.2 Å². The van der Waals surface area contributed by atoms with Gasteiger partial charge in [-0.25, -0.2) is 4.98 Å². The maximum Gasteiger partial charge on any atom is 0.191 e. The van der Waals surface area contributed by atoms with Gasteiger partial charge in [0, 0.05) is 6.42 Å². The number of nitrogens with one attached hydrogen (secondary N) is 1. The van der Waals surface area contributed by atoms with Gasteiger partial charge in [0.1, 0.15) is 5.82 Å². The van der Waals surface area contributed by atoms with Crippen molar-refractivity contribution in [2.45, 2.75) is 26.7 Å². The third-order valence-electron chi connectivity index (χ3n) is 2.51. The number of rotatable bonds is 4. The Bertz CT molecular complexity index is 405. The van der Waals surface area contributed by atoms with Gasteiger partial charge >= 0.3 is 0 Å². The van der Waals surface area contributed by atoms with Crippen molar-refractivity contribution in [2.75, 3.05) is 0 Å². The Morgan fingerprint density at radius 3 is 3.07 bits per heavy atom. The predicted octanol–water partition coefficient (Wildman–Crippen LogP) is 3.12. The average molecular weight is 221 g/mol. The molecular formula is C11H15N3S. The van der Waals surface area contributed by atoms with Crippen molar-refractivity contribution < 1.29 is 0 Å². The molecule has 3 nitrogen and oxygen atoms in total. The van der Waals surface area contributed by atoms with Crippen LogP contribution in [0.4, 0.5) is 0 Å². The molecule has 1 atom stereocenters. The molecule has 80 valence electrons. The zero-order chi connectivity index (χ0) is 10.7. The lowest BCUT2D eigenvalue weighted by Crippen LogP contribution is -1.99. The Morgan fingerprint density at radius 2 is 2.40 bits per heavy atom. The molecule has 0 saturated heterocycles. The van der Waals surface area contributed by atoms with Gasteiger partial charge in [0.2, 0.25) is 0 Å². The van der Waals surface area contributed by atoms with E-state index in [0.717, 1.165) is 22.9 Å². The van der Waals surface area contributed by atoms with Crippen LogP contribution < -0.4 is 0 Å². The van der Waals surface area contributed by atoms with Crippen molar-refractivity contribution in [1.29, 1.82) is 0 Å². The Hall–Kier alpha value is -1.16. The summed E-state index contributed by atoms with van der Waals surface area (Å²) >= 11 is 1.67. The normalized spacial score (nSPS) is 12.9. The third kappa shape index (κ3) is 2.45. The maximum absolute atomic E-state index is 4.48. The molecule has 0 aromatic carbocycles. The van der Waals surface area contributed by atoms with Crippen LogP contribution in [0.15, 0.2) is 17.5 Å². The lowest BCUT2D eigenvalue weighted by molar-refractivity contribution is 0.544. The topological polar surface area (TPSA) is 41.6 Å². The molecule has 0 amide bonds. The number of aromatic nitrogens is 3. The Morgan fingerprint density at radius 1 is 1.53 bits per heavy atom. The minimum absolute atomic E-state index is 0.661. The molecule has 2 aromatic rings. The van der Waals surface area contributed by atoms with Gasteiger partial charge in [-0.2, -0.15) is 5.10 Å². The van der Waals surface area contributed by atoms with Crippen molar-refractivity contribution in [3.8, 4) is 10.7 Å². The molecule has 0 radical (unpaired) electrons. The van der Waals surface area contributed by atoms with Crippen molar-refractivity contribution >= 4 is 11.3 Å². The molecule has 0 spiro atoms. The summed E-state index contributed by atoms with van der Waals surface area (Å²) in [5.74, 6) is 2.48. The second-order valence-corrected chi connectivity index (χ2v) is 4.75.